The van der Waals surface area contributed by atoms with Crippen LogP contribution in [0, 0.1) is 11.6 Å². The van der Waals surface area contributed by atoms with Crippen LogP contribution in [0.25, 0.3) is 32.8 Å². The number of hydrogen-bond donors (Lipinski definition) is 2. The molecule has 1 saturated heterocycles. The smallest absolute Gasteiger partial charge is 0.399 e. The van der Waals surface area contributed by atoms with Crippen molar-refractivity contribution >= 4 is 68.9 Å². The zero-order chi connectivity index (χ0) is 49.3. The number of aromatic amines is 2. The molecule has 0 aliphatic carbocycles. The number of anilines is 2. The SMILES string of the molecule is CC1(C)OB(c2ccc(CC(=O)N3CCc4ccccc43)cc2F)OC1(C)C.O=C(Cc1ccc(-c2n[nH]c(=O)c3ccccc23)c(F)c1)N1CCc2ccccc21.O=c1[nH]nc(Cl)c2ccccc12. The number of fused-ring (bicyclic) bond motifs is 4. The Kier molecular flexibility index (Phi) is 13.4. The number of carbonyl (C=O) groups is 2. The summed E-state index contributed by atoms with van der Waals surface area (Å²) in [6, 6.07) is 39.4. The van der Waals surface area contributed by atoms with Crippen molar-refractivity contribution < 1.29 is 27.7 Å². The van der Waals surface area contributed by atoms with Crippen molar-refractivity contribution in [3.05, 3.63) is 193 Å². The van der Waals surface area contributed by atoms with Gasteiger partial charge in [0.2, 0.25) is 11.8 Å². The molecule has 1 fully saturated rings. The highest BCUT2D eigenvalue weighted by Crippen LogP contribution is 2.37. The predicted octanol–water partition coefficient (Wildman–Crippen LogP) is 8.69. The Hall–Kier alpha value is -7.33. The number of hydrogen-bond acceptors (Lipinski definition) is 8. The number of aromatic nitrogens is 4. The zero-order valence-corrected chi connectivity index (χ0v) is 39.6. The molecule has 12 nitrogen and oxygen atoms in total. The van der Waals surface area contributed by atoms with Crippen molar-refractivity contribution in [1.29, 1.82) is 0 Å². The summed E-state index contributed by atoms with van der Waals surface area (Å²) in [5.41, 5.74) is 4.90. The van der Waals surface area contributed by atoms with Gasteiger partial charge in [-0.2, -0.15) is 10.2 Å². The lowest BCUT2D eigenvalue weighted by atomic mass is 9.78. The van der Waals surface area contributed by atoms with Crippen LogP contribution in [0.4, 0.5) is 20.2 Å². The number of rotatable bonds is 6. The molecule has 0 saturated carbocycles. The van der Waals surface area contributed by atoms with Crippen molar-refractivity contribution in [2.24, 2.45) is 0 Å². The third-order valence-electron chi connectivity index (χ3n) is 13.3. The molecule has 6 aromatic carbocycles. The summed E-state index contributed by atoms with van der Waals surface area (Å²) in [7, 11) is -0.750. The topological polar surface area (TPSA) is 151 Å². The third kappa shape index (κ3) is 9.64. The molecular weight excluding hydrogens is 913 g/mol. The second-order valence-corrected chi connectivity index (χ2v) is 18.7. The van der Waals surface area contributed by atoms with E-state index in [1.165, 1.54) is 17.7 Å². The highest BCUT2D eigenvalue weighted by molar-refractivity contribution is 6.62. The second kappa shape index (κ2) is 19.6. The summed E-state index contributed by atoms with van der Waals surface area (Å²) in [4.78, 5) is 52.2. The van der Waals surface area contributed by atoms with E-state index in [0.29, 0.717) is 62.1 Å². The molecule has 2 aromatic heterocycles. The molecule has 2 N–H and O–H groups in total. The lowest BCUT2D eigenvalue weighted by Crippen LogP contribution is -2.41. The first-order valence-corrected chi connectivity index (χ1v) is 23.3. The first-order valence-electron chi connectivity index (χ1n) is 22.9. The van der Waals surface area contributed by atoms with Crippen LogP contribution < -0.4 is 26.4 Å². The minimum absolute atomic E-state index is 0.0206. The number of nitrogens with one attached hydrogen (secondary N) is 2. The largest absolute Gasteiger partial charge is 0.497 e. The number of amides is 2. The average Bonchev–Trinajstić information content (AvgIpc) is 4.04. The van der Waals surface area contributed by atoms with Gasteiger partial charge in [-0.05, 0) is 105 Å². The molecule has 3 aliphatic heterocycles. The predicted molar refractivity (Wildman–Crippen MR) is 270 cm³/mol. The van der Waals surface area contributed by atoms with E-state index in [-0.39, 0.29) is 41.3 Å². The highest BCUT2D eigenvalue weighted by atomic mass is 35.5. The molecule has 16 heteroatoms. The third-order valence-corrected chi connectivity index (χ3v) is 13.6. The van der Waals surface area contributed by atoms with Gasteiger partial charge in [-0.25, -0.2) is 19.0 Å². The fourth-order valence-electron chi connectivity index (χ4n) is 8.84. The fourth-order valence-corrected chi connectivity index (χ4v) is 9.05. The molecule has 5 heterocycles. The van der Waals surface area contributed by atoms with Crippen molar-refractivity contribution in [2.75, 3.05) is 22.9 Å². The molecule has 11 rings (SSSR count). The van der Waals surface area contributed by atoms with Crippen LogP contribution in [-0.2, 0) is 44.6 Å². The van der Waals surface area contributed by atoms with Crippen molar-refractivity contribution in [1.82, 2.24) is 20.4 Å². The first kappa shape index (κ1) is 47.7. The van der Waals surface area contributed by atoms with E-state index in [4.69, 9.17) is 20.9 Å². The lowest BCUT2D eigenvalue weighted by Gasteiger charge is -2.32. The van der Waals surface area contributed by atoms with Crippen molar-refractivity contribution in [3.63, 3.8) is 0 Å². The summed E-state index contributed by atoms with van der Waals surface area (Å²) in [6.45, 7) is 9.06. The highest BCUT2D eigenvalue weighted by Gasteiger charge is 2.52. The Morgan fingerprint density at radius 2 is 1.07 bits per heavy atom. The van der Waals surface area contributed by atoms with Crippen LogP contribution >= 0.6 is 11.6 Å². The number of H-pyrrole nitrogens is 2. The maximum absolute atomic E-state index is 15.0. The normalized spacial score (nSPS) is 15.2. The summed E-state index contributed by atoms with van der Waals surface area (Å²) in [6.07, 6.45) is 1.97. The molecule has 0 radical (unpaired) electrons. The summed E-state index contributed by atoms with van der Waals surface area (Å²) < 4.78 is 41.6. The van der Waals surface area contributed by atoms with Crippen LogP contribution in [-0.4, -0.2) is 63.6 Å². The van der Waals surface area contributed by atoms with Crippen LogP contribution in [0.1, 0.15) is 49.9 Å². The Morgan fingerprint density at radius 3 is 1.60 bits per heavy atom. The van der Waals surface area contributed by atoms with E-state index in [2.05, 4.69) is 20.4 Å². The van der Waals surface area contributed by atoms with E-state index in [1.807, 2.05) is 82.3 Å². The molecule has 3 aliphatic rings. The van der Waals surface area contributed by atoms with Gasteiger partial charge in [-0.1, -0.05) is 103 Å². The minimum Gasteiger partial charge on any atom is -0.399 e. The van der Waals surface area contributed by atoms with E-state index in [0.717, 1.165) is 29.8 Å². The Bertz CT molecular complexity index is 3420. The fraction of sp³-hybridized carbons (Fsp3) is 0.222. The molecule has 0 unspecified atom stereocenters. The monoisotopic (exact) mass is 960 g/mol. The summed E-state index contributed by atoms with van der Waals surface area (Å²) >= 11 is 5.75. The number of benzene rings is 6. The molecule has 70 heavy (non-hydrogen) atoms. The van der Waals surface area contributed by atoms with Crippen LogP contribution in [0.2, 0.25) is 5.15 Å². The molecule has 0 atom stereocenters. The standard InChI is InChI=1S/C24H18FN3O2.C22H25BFNO3.C8H5ClN2O/c25-20-13-15(14-22(29)28-12-11-16-5-1-4-8-21(16)28)9-10-19(20)23-17-6-2-3-7-18(17)24(30)27-26-23;1-21(2)22(3,4)28-23(27-21)17-10-9-15(13-18(17)24)14-20(26)25-12-11-16-7-5-6-8-19(16)25;9-7-5-3-1-2-4-6(5)8(12)11-10-7/h1-10,13H,11-12,14H2,(H,27,30);5-10,13H,11-12,14H2,1-4H3;1-4H,(H,11,12). The number of nitrogens with zero attached hydrogens (tertiary/aromatic N) is 4. The molecule has 0 spiro atoms. The van der Waals surface area contributed by atoms with Gasteiger partial charge in [0.1, 0.15) is 17.3 Å². The maximum atomic E-state index is 15.0. The second-order valence-electron chi connectivity index (χ2n) is 18.3. The van der Waals surface area contributed by atoms with Crippen LogP contribution in [0.3, 0.4) is 0 Å². The Labute approximate surface area is 407 Å². The average molecular weight is 961 g/mol. The number of carbonyl (C=O) groups excluding carboxylic acids is 2. The van der Waals surface area contributed by atoms with E-state index < -0.39 is 30.0 Å². The van der Waals surface area contributed by atoms with E-state index >= 15 is 0 Å². The van der Waals surface area contributed by atoms with Gasteiger partial charge in [0.15, 0.2) is 5.15 Å². The molecule has 0 bridgehead atoms. The molecular formula is C54H48BClF2N6O6. The molecule has 354 valence electrons. The van der Waals surface area contributed by atoms with E-state index in [1.54, 1.807) is 76.5 Å². The van der Waals surface area contributed by atoms with Crippen molar-refractivity contribution in [2.45, 2.75) is 64.6 Å². The number of halogens is 3. The van der Waals surface area contributed by atoms with Gasteiger partial charge < -0.3 is 19.1 Å². The first-order chi connectivity index (χ1) is 33.6. The van der Waals surface area contributed by atoms with Crippen LogP contribution in [0.15, 0.2) is 143 Å². The zero-order valence-electron chi connectivity index (χ0n) is 38.9. The Morgan fingerprint density at radius 1 is 0.614 bits per heavy atom. The summed E-state index contributed by atoms with van der Waals surface area (Å²) in [5, 5.41) is 15.0. The number of para-hydroxylation sites is 2. The molecule has 8 aromatic rings. The van der Waals surface area contributed by atoms with Gasteiger partial charge in [0, 0.05) is 46.3 Å². The quantitative estimate of drug-likeness (QED) is 0.157. The van der Waals surface area contributed by atoms with Crippen molar-refractivity contribution in [3.8, 4) is 11.3 Å². The van der Waals surface area contributed by atoms with E-state index in [9.17, 15) is 28.0 Å². The van der Waals surface area contributed by atoms with Crippen LogP contribution in [0.5, 0.6) is 0 Å². The molecule has 2 amide bonds. The maximum Gasteiger partial charge on any atom is 0.497 e. The Balaban J connectivity index is 0.000000141. The minimum atomic E-state index is -0.750. The summed E-state index contributed by atoms with van der Waals surface area (Å²) in [5.74, 6) is -0.968. The lowest BCUT2D eigenvalue weighted by molar-refractivity contribution is -0.118. The van der Waals surface area contributed by atoms with Gasteiger partial charge in [0.25, 0.3) is 11.1 Å². The van der Waals surface area contributed by atoms with Gasteiger partial charge in [0.05, 0.1) is 34.8 Å². The van der Waals surface area contributed by atoms with Gasteiger partial charge in [-0.15, -0.1) is 0 Å². The van der Waals surface area contributed by atoms with Gasteiger partial charge in [-0.3, -0.25) is 19.2 Å². The van der Waals surface area contributed by atoms with Gasteiger partial charge >= 0.3 is 7.12 Å².